The number of nitrogens with zero attached hydrogens (tertiary/aromatic N) is 2. The van der Waals surface area contributed by atoms with E-state index in [1.54, 1.807) is 30.3 Å². The summed E-state index contributed by atoms with van der Waals surface area (Å²) in [5.74, 6) is -0.158. The summed E-state index contributed by atoms with van der Waals surface area (Å²) in [6.45, 7) is 0.258. The number of carbonyl (C=O) groups excluding carboxylic acids is 1. The molecule has 0 aliphatic rings. The lowest BCUT2D eigenvalue weighted by molar-refractivity contribution is -0.384. The molecule has 0 atom stereocenters. The van der Waals surface area contributed by atoms with Gasteiger partial charge in [0, 0.05) is 30.9 Å². The standard InChI is InChI=1S/C17H14N2O6/c1-23-7-8-24-17(20)13(11-18)10-15-5-6-16(25-15)12-3-2-4-14(9-12)19(21)22/h2-6,9-10H,7-8H2,1H3/b13-10+. The van der Waals surface area contributed by atoms with E-state index in [4.69, 9.17) is 19.2 Å². The maximum Gasteiger partial charge on any atom is 0.349 e. The van der Waals surface area contributed by atoms with Crippen LogP contribution in [0, 0.1) is 21.4 Å². The van der Waals surface area contributed by atoms with E-state index < -0.39 is 10.9 Å². The van der Waals surface area contributed by atoms with E-state index in [-0.39, 0.29) is 30.2 Å². The van der Waals surface area contributed by atoms with Gasteiger partial charge < -0.3 is 13.9 Å². The number of nitro groups is 1. The van der Waals surface area contributed by atoms with Crippen LogP contribution in [0.4, 0.5) is 5.69 Å². The number of nitriles is 1. The van der Waals surface area contributed by atoms with Crippen LogP contribution in [0.2, 0.25) is 0 Å². The molecule has 0 spiro atoms. The molecular weight excluding hydrogens is 328 g/mol. The van der Waals surface area contributed by atoms with E-state index >= 15 is 0 Å². The summed E-state index contributed by atoms with van der Waals surface area (Å²) in [4.78, 5) is 22.1. The summed E-state index contributed by atoms with van der Waals surface area (Å²) in [7, 11) is 1.47. The zero-order chi connectivity index (χ0) is 18.2. The number of hydrogen-bond acceptors (Lipinski definition) is 7. The van der Waals surface area contributed by atoms with Gasteiger partial charge in [-0.1, -0.05) is 12.1 Å². The number of methoxy groups -OCH3 is 1. The highest BCUT2D eigenvalue weighted by molar-refractivity contribution is 5.97. The minimum atomic E-state index is -0.784. The first-order valence-corrected chi connectivity index (χ1v) is 7.17. The second-order valence-electron chi connectivity index (χ2n) is 4.81. The summed E-state index contributed by atoms with van der Waals surface area (Å²) >= 11 is 0. The van der Waals surface area contributed by atoms with E-state index in [0.29, 0.717) is 11.3 Å². The molecular formula is C17H14N2O6. The summed E-state index contributed by atoms with van der Waals surface area (Å²) in [6.07, 6.45) is 1.25. The summed E-state index contributed by atoms with van der Waals surface area (Å²) in [6, 6.07) is 10.8. The lowest BCUT2D eigenvalue weighted by Crippen LogP contribution is -2.11. The second kappa shape index (κ2) is 8.42. The largest absolute Gasteiger partial charge is 0.459 e. The van der Waals surface area contributed by atoms with Gasteiger partial charge in [-0.3, -0.25) is 10.1 Å². The normalized spacial score (nSPS) is 11.0. The predicted molar refractivity (Wildman–Crippen MR) is 87.2 cm³/mol. The molecule has 0 fully saturated rings. The third kappa shape index (κ3) is 4.76. The van der Waals surface area contributed by atoms with Gasteiger partial charge in [-0.25, -0.2) is 4.79 Å². The molecule has 25 heavy (non-hydrogen) atoms. The zero-order valence-corrected chi connectivity index (χ0v) is 13.3. The number of nitro benzene ring substituents is 1. The first-order chi connectivity index (χ1) is 12.0. The number of non-ortho nitro benzene ring substituents is 1. The fourth-order valence-electron chi connectivity index (χ4n) is 1.93. The Hall–Kier alpha value is -3.44. The topological polar surface area (TPSA) is 116 Å². The van der Waals surface area contributed by atoms with Gasteiger partial charge in [0.25, 0.3) is 5.69 Å². The quantitative estimate of drug-likeness (QED) is 0.190. The fourth-order valence-corrected chi connectivity index (χ4v) is 1.93. The maximum absolute atomic E-state index is 11.8. The fraction of sp³-hybridized carbons (Fsp3) is 0.176. The van der Waals surface area contributed by atoms with Crippen LogP contribution in [0.5, 0.6) is 0 Å². The van der Waals surface area contributed by atoms with Crippen LogP contribution in [-0.2, 0) is 14.3 Å². The highest BCUT2D eigenvalue weighted by Gasteiger charge is 2.13. The molecule has 8 heteroatoms. The SMILES string of the molecule is COCCOC(=O)/C(C#N)=C/c1ccc(-c2cccc([N+](=O)[O-])c2)o1. The lowest BCUT2D eigenvalue weighted by Gasteiger charge is -2.02. The van der Waals surface area contributed by atoms with E-state index in [1.807, 2.05) is 0 Å². The van der Waals surface area contributed by atoms with Crippen LogP contribution in [0.25, 0.3) is 17.4 Å². The molecule has 0 radical (unpaired) electrons. The molecule has 0 saturated carbocycles. The second-order valence-corrected chi connectivity index (χ2v) is 4.81. The molecule has 0 saturated heterocycles. The van der Waals surface area contributed by atoms with Crippen molar-refractivity contribution in [3.05, 3.63) is 57.8 Å². The van der Waals surface area contributed by atoms with E-state index in [1.165, 1.54) is 25.3 Å². The first-order valence-electron chi connectivity index (χ1n) is 7.17. The van der Waals surface area contributed by atoms with Crippen molar-refractivity contribution in [3.8, 4) is 17.4 Å². The Bertz CT molecular complexity index is 847. The zero-order valence-electron chi connectivity index (χ0n) is 13.3. The van der Waals surface area contributed by atoms with E-state index in [9.17, 15) is 14.9 Å². The van der Waals surface area contributed by atoms with Crippen LogP contribution < -0.4 is 0 Å². The molecule has 1 aromatic carbocycles. The van der Waals surface area contributed by atoms with Crippen LogP contribution in [0.3, 0.4) is 0 Å². The molecule has 1 aromatic heterocycles. The van der Waals surface area contributed by atoms with Gasteiger partial charge in [0.2, 0.25) is 0 Å². The molecule has 128 valence electrons. The molecule has 0 unspecified atom stereocenters. The third-order valence-corrected chi connectivity index (χ3v) is 3.12. The van der Waals surface area contributed by atoms with Gasteiger partial charge in [0.1, 0.15) is 29.8 Å². The van der Waals surface area contributed by atoms with Crippen molar-refractivity contribution in [2.24, 2.45) is 0 Å². The van der Waals surface area contributed by atoms with Crippen LogP contribution in [0.1, 0.15) is 5.76 Å². The monoisotopic (exact) mass is 342 g/mol. The first kappa shape index (κ1) is 17.9. The van der Waals surface area contributed by atoms with Gasteiger partial charge in [0.05, 0.1) is 11.5 Å². The molecule has 0 aliphatic heterocycles. The third-order valence-electron chi connectivity index (χ3n) is 3.12. The Kier molecular flexibility index (Phi) is 6.03. The molecule has 8 nitrogen and oxygen atoms in total. The van der Waals surface area contributed by atoms with Crippen molar-refractivity contribution in [2.45, 2.75) is 0 Å². The number of carbonyl (C=O) groups is 1. The Balaban J connectivity index is 2.19. The van der Waals surface area contributed by atoms with Crippen molar-refractivity contribution in [1.29, 1.82) is 5.26 Å². The van der Waals surface area contributed by atoms with Crippen LogP contribution in [0.15, 0.2) is 46.4 Å². The van der Waals surface area contributed by atoms with E-state index in [2.05, 4.69) is 0 Å². The van der Waals surface area contributed by atoms with Crippen molar-refractivity contribution in [2.75, 3.05) is 20.3 Å². The van der Waals surface area contributed by atoms with E-state index in [0.717, 1.165) is 0 Å². The summed E-state index contributed by atoms with van der Waals surface area (Å²) in [5.41, 5.74) is 0.219. The minimum absolute atomic E-state index is 0.0332. The molecule has 2 rings (SSSR count). The molecule has 2 aromatic rings. The van der Waals surface area contributed by atoms with Gasteiger partial charge in [-0.05, 0) is 12.1 Å². The van der Waals surface area contributed by atoms with Crippen molar-refractivity contribution >= 4 is 17.7 Å². The summed E-state index contributed by atoms with van der Waals surface area (Å²) in [5, 5.41) is 19.9. The Labute approximate surface area is 143 Å². The number of esters is 1. The van der Waals surface area contributed by atoms with Crippen LogP contribution >= 0.6 is 0 Å². The Morgan fingerprint density at radius 2 is 2.16 bits per heavy atom. The molecule has 0 bridgehead atoms. The number of ether oxygens (including phenoxy) is 2. The smallest absolute Gasteiger partial charge is 0.349 e. The minimum Gasteiger partial charge on any atom is -0.459 e. The molecule has 0 amide bonds. The number of hydrogen-bond donors (Lipinski definition) is 0. The van der Waals surface area contributed by atoms with Crippen molar-refractivity contribution in [1.82, 2.24) is 0 Å². The van der Waals surface area contributed by atoms with Crippen molar-refractivity contribution in [3.63, 3.8) is 0 Å². The highest BCUT2D eigenvalue weighted by atomic mass is 16.6. The molecule has 0 N–H and O–H groups in total. The average Bonchev–Trinajstić information content (AvgIpc) is 3.08. The van der Waals surface area contributed by atoms with Gasteiger partial charge in [-0.15, -0.1) is 0 Å². The predicted octanol–water partition coefficient (Wildman–Crippen LogP) is 2.95. The highest BCUT2D eigenvalue weighted by Crippen LogP contribution is 2.26. The number of benzene rings is 1. The number of rotatable bonds is 7. The Morgan fingerprint density at radius 1 is 1.36 bits per heavy atom. The lowest BCUT2D eigenvalue weighted by atomic mass is 10.1. The molecule has 1 heterocycles. The van der Waals surface area contributed by atoms with Gasteiger partial charge in [0.15, 0.2) is 0 Å². The van der Waals surface area contributed by atoms with Gasteiger partial charge in [-0.2, -0.15) is 5.26 Å². The number of furan rings is 1. The Morgan fingerprint density at radius 3 is 2.84 bits per heavy atom. The van der Waals surface area contributed by atoms with Crippen molar-refractivity contribution < 1.29 is 23.6 Å². The molecule has 0 aliphatic carbocycles. The summed E-state index contributed by atoms with van der Waals surface area (Å²) < 4.78 is 15.2. The average molecular weight is 342 g/mol. The van der Waals surface area contributed by atoms with Gasteiger partial charge >= 0.3 is 5.97 Å². The van der Waals surface area contributed by atoms with Crippen LogP contribution in [-0.4, -0.2) is 31.2 Å². The maximum atomic E-state index is 11.8.